The van der Waals surface area contributed by atoms with Gasteiger partial charge in [0, 0.05) is 23.1 Å². The lowest BCUT2D eigenvalue weighted by molar-refractivity contribution is 0.322. The first-order valence-corrected chi connectivity index (χ1v) is 6.80. The molecule has 0 saturated heterocycles. The summed E-state index contributed by atoms with van der Waals surface area (Å²) in [4.78, 5) is 0. The minimum Gasteiger partial charge on any atom is -0.328 e. The minimum atomic E-state index is 0.355. The molecule has 2 rings (SSSR count). The van der Waals surface area contributed by atoms with Crippen LogP contribution in [0.4, 0.5) is 0 Å². The molecule has 1 fully saturated rings. The Morgan fingerprint density at radius 3 is 2.65 bits per heavy atom. The molecule has 0 spiro atoms. The fraction of sp³-hybridized carbons (Fsp3) is 0.571. The topological polar surface area (TPSA) is 38.0 Å². The zero-order chi connectivity index (χ0) is 12.3. The zero-order valence-electron chi connectivity index (χ0n) is 10.3. The number of nitrogens with two attached hydrogens (primary N) is 1. The van der Waals surface area contributed by atoms with Crippen LogP contribution in [0.2, 0.25) is 5.02 Å². The second-order valence-corrected chi connectivity index (χ2v) is 5.49. The molecule has 0 aromatic heterocycles. The Kier molecular flexibility index (Phi) is 4.43. The van der Waals surface area contributed by atoms with Crippen molar-refractivity contribution in [1.82, 2.24) is 5.32 Å². The van der Waals surface area contributed by atoms with Gasteiger partial charge in [0.2, 0.25) is 0 Å². The summed E-state index contributed by atoms with van der Waals surface area (Å²) < 4.78 is 0. The van der Waals surface area contributed by atoms with Crippen molar-refractivity contribution < 1.29 is 0 Å². The molecule has 1 saturated carbocycles. The molecule has 2 nitrogen and oxygen atoms in total. The maximum atomic E-state index is 6.01. The second kappa shape index (κ2) is 5.85. The van der Waals surface area contributed by atoms with Crippen LogP contribution in [-0.2, 0) is 0 Å². The summed E-state index contributed by atoms with van der Waals surface area (Å²) in [6.07, 6.45) is 4.65. The molecule has 1 aliphatic carbocycles. The van der Waals surface area contributed by atoms with E-state index >= 15 is 0 Å². The van der Waals surface area contributed by atoms with E-state index in [1.54, 1.807) is 0 Å². The van der Waals surface area contributed by atoms with Gasteiger partial charge in [0.05, 0.1) is 0 Å². The van der Waals surface area contributed by atoms with Crippen molar-refractivity contribution in [2.45, 2.75) is 50.7 Å². The summed E-state index contributed by atoms with van der Waals surface area (Å²) in [7, 11) is 0. The van der Waals surface area contributed by atoms with E-state index in [9.17, 15) is 0 Å². The summed E-state index contributed by atoms with van der Waals surface area (Å²) in [5, 5.41) is 4.48. The Labute approximate surface area is 109 Å². The van der Waals surface area contributed by atoms with Gasteiger partial charge in [-0.15, -0.1) is 0 Å². The smallest absolute Gasteiger partial charge is 0.0409 e. The molecule has 3 N–H and O–H groups in total. The zero-order valence-corrected chi connectivity index (χ0v) is 11.1. The SMILES string of the molecule is CC(NC1CCC(N)CC1)c1cccc(Cl)c1. The Hall–Kier alpha value is -0.570. The quantitative estimate of drug-likeness (QED) is 0.867. The van der Waals surface area contributed by atoms with E-state index in [0.29, 0.717) is 18.1 Å². The monoisotopic (exact) mass is 252 g/mol. The molecule has 17 heavy (non-hydrogen) atoms. The van der Waals surface area contributed by atoms with Crippen molar-refractivity contribution in [1.29, 1.82) is 0 Å². The Morgan fingerprint density at radius 2 is 2.00 bits per heavy atom. The lowest BCUT2D eigenvalue weighted by Crippen LogP contribution is -2.38. The number of nitrogens with one attached hydrogen (secondary N) is 1. The standard InChI is InChI=1S/C14H21ClN2/c1-10(11-3-2-4-12(15)9-11)17-14-7-5-13(16)6-8-14/h2-4,9-10,13-14,17H,5-8,16H2,1H3. The molecule has 1 atom stereocenters. The number of hydrogen-bond donors (Lipinski definition) is 2. The van der Waals surface area contributed by atoms with E-state index in [0.717, 1.165) is 17.9 Å². The average molecular weight is 253 g/mol. The third-order valence-corrected chi connectivity index (χ3v) is 3.84. The molecule has 1 aliphatic rings. The van der Waals surface area contributed by atoms with E-state index in [1.165, 1.54) is 18.4 Å². The number of benzene rings is 1. The van der Waals surface area contributed by atoms with Crippen LogP contribution in [0.25, 0.3) is 0 Å². The maximum absolute atomic E-state index is 6.01. The Bertz CT molecular complexity index is 359. The Morgan fingerprint density at radius 1 is 1.29 bits per heavy atom. The summed E-state index contributed by atoms with van der Waals surface area (Å²) in [5.41, 5.74) is 7.17. The van der Waals surface area contributed by atoms with Crippen molar-refractivity contribution in [2.24, 2.45) is 5.73 Å². The third-order valence-electron chi connectivity index (χ3n) is 3.61. The molecule has 94 valence electrons. The molecule has 0 bridgehead atoms. The van der Waals surface area contributed by atoms with Crippen LogP contribution in [0.15, 0.2) is 24.3 Å². The van der Waals surface area contributed by atoms with Crippen LogP contribution in [0.1, 0.15) is 44.2 Å². The van der Waals surface area contributed by atoms with Gasteiger partial charge in [0.15, 0.2) is 0 Å². The first-order chi connectivity index (χ1) is 8.15. The summed E-state index contributed by atoms with van der Waals surface area (Å²) >= 11 is 6.01. The van der Waals surface area contributed by atoms with Gasteiger partial charge in [-0.2, -0.15) is 0 Å². The van der Waals surface area contributed by atoms with Crippen molar-refractivity contribution >= 4 is 11.6 Å². The number of hydrogen-bond acceptors (Lipinski definition) is 2. The van der Waals surface area contributed by atoms with Crippen molar-refractivity contribution in [2.75, 3.05) is 0 Å². The highest BCUT2D eigenvalue weighted by molar-refractivity contribution is 6.30. The average Bonchev–Trinajstić information content (AvgIpc) is 2.32. The lowest BCUT2D eigenvalue weighted by atomic mass is 9.91. The molecular weight excluding hydrogens is 232 g/mol. The van der Waals surface area contributed by atoms with Crippen LogP contribution >= 0.6 is 11.6 Å². The fourth-order valence-electron chi connectivity index (χ4n) is 2.51. The normalized spacial score (nSPS) is 26.8. The van der Waals surface area contributed by atoms with Crippen LogP contribution in [0, 0.1) is 0 Å². The van der Waals surface area contributed by atoms with Gasteiger partial charge >= 0.3 is 0 Å². The van der Waals surface area contributed by atoms with E-state index < -0.39 is 0 Å². The van der Waals surface area contributed by atoms with E-state index in [-0.39, 0.29) is 0 Å². The third kappa shape index (κ3) is 3.70. The van der Waals surface area contributed by atoms with Crippen LogP contribution < -0.4 is 11.1 Å². The molecule has 0 amide bonds. The molecule has 0 heterocycles. The van der Waals surface area contributed by atoms with E-state index in [4.69, 9.17) is 17.3 Å². The van der Waals surface area contributed by atoms with Gasteiger partial charge in [-0.05, 0) is 50.3 Å². The Balaban J connectivity index is 1.90. The molecule has 0 aliphatic heterocycles. The van der Waals surface area contributed by atoms with Gasteiger partial charge in [-0.1, -0.05) is 23.7 Å². The number of rotatable bonds is 3. The summed E-state index contributed by atoms with van der Waals surface area (Å²) in [6, 6.07) is 9.45. The number of halogens is 1. The summed E-state index contributed by atoms with van der Waals surface area (Å²) in [5.74, 6) is 0. The highest BCUT2D eigenvalue weighted by Gasteiger charge is 2.20. The predicted octanol–water partition coefficient (Wildman–Crippen LogP) is 3.26. The molecule has 1 aromatic carbocycles. The first kappa shape index (κ1) is 12.9. The largest absolute Gasteiger partial charge is 0.328 e. The molecule has 1 aromatic rings. The van der Waals surface area contributed by atoms with E-state index in [1.807, 2.05) is 18.2 Å². The first-order valence-electron chi connectivity index (χ1n) is 6.42. The molecule has 0 radical (unpaired) electrons. The maximum Gasteiger partial charge on any atom is 0.0409 e. The highest BCUT2D eigenvalue weighted by Crippen LogP contribution is 2.22. The van der Waals surface area contributed by atoms with Gasteiger partial charge in [-0.3, -0.25) is 0 Å². The minimum absolute atomic E-state index is 0.355. The van der Waals surface area contributed by atoms with Crippen molar-refractivity contribution in [3.63, 3.8) is 0 Å². The molecule has 3 heteroatoms. The van der Waals surface area contributed by atoms with Crippen molar-refractivity contribution in [3.05, 3.63) is 34.9 Å². The highest BCUT2D eigenvalue weighted by atomic mass is 35.5. The molecular formula is C14H21ClN2. The van der Waals surface area contributed by atoms with Crippen molar-refractivity contribution in [3.8, 4) is 0 Å². The van der Waals surface area contributed by atoms with E-state index in [2.05, 4.69) is 18.3 Å². The van der Waals surface area contributed by atoms with Gasteiger partial charge in [0.1, 0.15) is 0 Å². The van der Waals surface area contributed by atoms with Crippen LogP contribution in [0.3, 0.4) is 0 Å². The van der Waals surface area contributed by atoms with Gasteiger partial charge < -0.3 is 11.1 Å². The lowest BCUT2D eigenvalue weighted by Gasteiger charge is -2.29. The van der Waals surface area contributed by atoms with Crippen LogP contribution in [-0.4, -0.2) is 12.1 Å². The van der Waals surface area contributed by atoms with Gasteiger partial charge in [-0.25, -0.2) is 0 Å². The van der Waals surface area contributed by atoms with Gasteiger partial charge in [0.25, 0.3) is 0 Å². The fourth-order valence-corrected chi connectivity index (χ4v) is 2.71. The predicted molar refractivity (Wildman–Crippen MR) is 73.2 cm³/mol. The molecule has 1 unspecified atom stereocenters. The second-order valence-electron chi connectivity index (χ2n) is 5.06. The summed E-state index contributed by atoms with van der Waals surface area (Å²) in [6.45, 7) is 2.19. The van der Waals surface area contributed by atoms with Crippen LogP contribution in [0.5, 0.6) is 0 Å².